The minimum atomic E-state index is -5.13. The molecular formula is C30H17ClF12N4O4. The van der Waals surface area contributed by atoms with Crippen LogP contribution in [0.5, 0.6) is 0 Å². The summed E-state index contributed by atoms with van der Waals surface area (Å²) in [5, 5.41) is 0.645. The van der Waals surface area contributed by atoms with Gasteiger partial charge in [0.15, 0.2) is 0 Å². The molecule has 0 atom stereocenters. The number of hydrogen-bond acceptors (Lipinski definition) is 5. The number of primary amides is 2. The molecule has 0 saturated carbocycles. The lowest BCUT2D eigenvalue weighted by Gasteiger charge is -2.11. The molecule has 0 aliphatic heterocycles. The number of nitrogens with two attached hydrogens (primary N) is 3. The van der Waals surface area contributed by atoms with Crippen molar-refractivity contribution in [2.24, 2.45) is 11.5 Å². The van der Waals surface area contributed by atoms with Gasteiger partial charge >= 0.3 is 12.4 Å². The van der Waals surface area contributed by atoms with Gasteiger partial charge in [-0.15, -0.1) is 0 Å². The molecule has 51 heavy (non-hydrogen) atoms. The molecule has 0 spiro atoms. The van der Waals surface area contributed by atoms with Crippen molar-refractivity contribution >= 4 is 45.9 Å². The zero-order chi connectivity index (χ0) is 39.2. The molecule has 0 aliphatic carbocycles. The Kier molecular flexibility index (Phi) is 13.2. The predicted molar refractivity (Wildman–Crippen MR) is 155 cm³/mol. The maximum atomic E-state index is 13.7. The molecule has 4 aromatic rings. The van der Waals surface area contributed by atoms with Crippen LogP contribution in [0.4, 0.5) is 64.1 Å². The van der Waals surface area contributed by atoms with E-state index in [1.807, 2.05) is 5.32 Å². The molecule has 0 aliphatic rings. The summed E-state index contributed by atoms with van der Waals surface area (Å²) in [7, 11) is 0. The number of carbonyl (C=O) groups excluding carboxylic acids is 4. The highest BCUT2D eigenvalue weighted by molar-refractivity contribution is 6.67. The van der Waals surface area contributed by atoms with Crippen molar-refractivity contribution in [2.75, 3.05) is 11.1 Å². The Morgan fingerprint density at radius 3 is 1.35 bits per heavy atom. The van der Waals surface area contributed by atoms with E-state index < -0.39 is 98.0 Å². The third-order valence-electron chi connectivity index (χ3n) is 5.93. The Morgan fingerprint density at radius 1 is 0.529 bits per heavy atom. The second-order valence-corrected chi connectivity index (χ2v) is 9.85. The summed E-state index contributed by atoms with van der Waals surface area (Å²) < 4.78 is 152. The average molecular weight is 761 g/mol. The summed E-state index contributed by atoms with van der Waals surface area (Å²) in [6.07, 6.45) is -10.1. The molecule has 0 unspecified atom stereocenters. The van der Waals surface area contributed by atoms with Crippen molar-refractivity contribution in [3.8, 4) is 0 Å². The number of nitrogens with one attached hydrogen (secondary N) is 1. The summed E-state index contributed by atoms with van der Waals surface area (Å²) in [4.78, 5) is 43.9. The fraction of sp³-hybridized carbons (Fsp3) is 0.0667. The summed E-state index contributed by atoms with van der Waals surface area (Å²) >= 11 is 4.82. The molecule has 0 bridgehead atoms. The Morgan fingerprint density at radius 2 is 0.941 bits per heavy atom. The minimum Gasteiger partial charge on any atom is -0.399 e. The Labute approximate surface area is 281 Å². The molecule has 0 aromatic heterocycles. The van der Waals surface area contributed by atoms with E-state index in [0.29, 0.717) is 5.69 Å². The molecule has 8 nitrogen and oxygen atoms in total. The first-order valence-electron chi connectivity index (χ1n) is 12.9. The lowest BCUT2D eigenvalue weighted by Crippen LogP contribution is -2.18. The minimum absolute atomic E-state index is 0.0893. The molecule has 0 heterocycles. The largest absolute Gasteiger partial charge is 0.419 e. The molecule has 3 amide bonds. The van der Waals surface area contributed by atoms with Crippen molar-refractivity contribution < 1.29 is 71.9 Å². The molecule has 21 heteroatoms. The van der Waals surface area contributed by atoms with Crippen LogP contribution in [-0.4, -0.2) is 23.0 Å². The van der Waals surface area contributed by atoms with Gasteiger partial charge in [-0.1, -0.05) is 0 Å². The molecule has 272 valence electrons. The summed E-state index contributed by atoms with van der Waals surface area (Å²) in [5.74, 6) is -11.6. The summed E-state index contributed by atoms with van der Waals surface area (Å²) in [6.45, 7) is 0. The first-order chi connectivity index (χ1) is 23.3. The zero-order valence-corrected chi connectivity index (χ0v) is 25.3. The van der Waals surface area contributed by atoms with Crippen LogP contribution in [0, 0.1) is 34.9 Å². The Bertz CT molecular complexity index is 2000. The molecular weight excluding hydrogens is 744 g/mol. The molecule has 0 saturated heterocycles. The van der Waals surface area contributed by atoms with E-state index in [9.17, 15) is 71.9 Å². The highest BCUT2D eigenvalue weighted by Crippen LogP contribution is 2.34. The number of halogens is 13. The van der Waals surface area contributed by atoms with E-state index in [1.165, 1.54) is 12.1 Å². The van der Waals surface area contributed by atoms with E-state index in [1.54, 1.807) is 0 Å². The highest BCUT2D eigenvalue weighted by Gasteiger charge is 2.36. The van der Waals surface area contributed by atoms with Crippen molar-refractivity contribution in [1.29, 1.82) is 0 Å². The van der Waals surface area contributed by atoms with Gasteiger partial charge in [0.25, 0.3) is 23.0 Å². The average Bonchev–Trinajstić information content (AvgIpc) is 3.00. The lowest BCUT2D eigenvalue weighted by molar-refractivity contribution is -0.141. The van der Waals surface area contributed by atoms with Gasteiger partial charge in [-0.2, -0.15) is 26.3 Å². The Balaban J connectivity index is 0.000000293. The topological polar surface area (TPSA) is 158 Å². The highest BCUT2D eigenvalue weighted by atomic mass is 35.5. The first-order valence-corrected chi connectivity index (χ1v) is 13.3. The van der Waals surface area contributed by atoms with E-state index in [-0.39, 0.29) is 35.5 Å². The van der Waals surface area contributed by atoms with Crippen LogP contribution in [0.25, 0.3) is 0 Å². The van der Waals surface area contributed by atoms with Gasteiger partial charge in [-0.3, -0.25) is 19.2 Å². The second kappa shape index (κ2) is 16.3. The molecule has 4 rings (SSSR count). The zero-order valence-electron chi connectivity index (χ0n) is 24.6. The fourth-order valence-electron chi connectivity index (χ4n) is 3.57. The van der Waals surface area contributed by atoms with Crippen LogP contribution in [0.15, 0.2) is 60.7 Å². The summed E-state index contributed by atoms with van der Waals surface area (Å²) in [5.41, 5.74) is 8.86. The van der Waals surface area contributed by atoms with Crippen molar-refractivity contribution in [3.05, 3.63) is 129 Å². The van der Waals surface area contributed by atoms with Gasteiger partial charge in [0.05, 0.1) is 33.4 Å². The van der Waals surface area contributed by atoms with Gasteiger partial charge < -0.3 is 22.5 Å². The van der Waals surface area contributed by atoms with Crippen LogP contribution >= 0.6 is 11.6 Å². The fourth-order valence-corrected chi connectivity index (χ4v) is 3.72. The van der Waals surface area contributed by atoms with Crippen molar-refractivity contribution in [1.82, 2.24) is 0 Å². The van der Waals surface area contributed by atoms with Crippen LogP contribution in [0.3, 0.4) is 0 Å². The normalized spacial score (nSPS) is 11.0. The molecule has 7 N–H and O–H groups in total. The molecule has 4 aromatic carbocycles. The van der Waals surface area contributed by atoms with Crippen LogP contribution in [0.2, 0.25) is 0 Å². The maximum Gasteiger partial charge on any atom is 0.419 e. The Hall–Kier alpha value is -5.79. The number of carbonyl (C=O) groups is 4. The van der Waals surface area contributed by atoms with Gasteiger partial charge in [0.1, 0.15) is 34.9 Å². The number of nitrogen functional groups attached to an aromatic ring is 1. The number of hydrogen-bond donors (Lipinski definition) is 4. The third-order valence-corrected chi connectivity index (χ3v) is 6.13. The van der Waals surface area contributed by atoms with Crippen molar-refractivity contribution in [3.63, 3.8) is 0 Å². The van der Waals surface area contributed by atoms with E-state index in [4.69, 9.17) is 28.8 Å². The monoisotopic (exact) mass is 760 g/mol. The first kappa shape index (κ1) is 41.4. The number of rotatable bonds is 5. The second-order valence-electron chi connectivity index (χ2n) is 9.51. The van der Waals surface area contributed by atoms with Gasteiger partial charge in [0.2, 0.25) is 0 Å². The van der Waals surface area contributed by atoms with E-state index >= 15 is 0 Å². The molecule has 0 radical (unpaired) electrons. The van der Waals surface area contributed by atoms with Crippen molar-refractivity contribution in [2.45, 2.75) is 12.4 Å². The number of benzene rings is 4. The van der Waals surface area contributed by atoms with Gasteiger partial charge in [0, 0.05) is 11.4 Å². The smallest absolute Gasteiger partial charge is 0.399 e. The number of amides is 3. The van der Waals surface area contributed by atoms with Crippen LogP contribution in [0.1, 0.15) is 52.6 Å². The third kappa shape index (κ3) is 11.1. The van der Waals surface area contributed by atoms with E-state index in [2.05, 4.69) is 0 Å². The maximum absolute atomic E-state index is 13.7. The van der Waals surface area contributed by atoms with Crippen LogP contribution < -0.4 is 22.5 Å². The number of anilines is 2. The summed E-state index contributed by atoms with van der Waals surface area (Å²) in [6, 6.07) is 6.26. The quantitative estimate of drug-likeness (QED) is 0.0951. The number of alkyl halides is 6. The standard InChI is InChI=1S/C15H8F6N2O2.C8H2ClF5O.C7H7FN2O/c16-10-2-1-6(3-7(10)13(22)24)23-14(25)8-4-12(18)9(5-11(8)17)15(19,20)21;9-7(15)3-1-6(11)4(2-5(3)10)8(12,13)14;8-6-2-1-4(9)3-5(6)7(10)11/h1-5H,(H2,22,24)(H,23,25);1-2H;1-3H,9H2,(H2,10,11). The van der Waals surface area contributed by atoms with Crippen LogP contribution in [-0.2, 0) is 12.4 Å². The van der Waals surface area contributed by atoms with Gasteiger partial charge in [-0.05, 0) is 72.3 Å². The predicted octanol–water partition coefficient (Wildman–Crippen LogP) is 7.34. The van der Waals surface area contributed by atoms with E-state index in [0.717, 1.165) is 24.3 Å². The molecule has 0 fully saturated rings. The SMILES string of the molecule is NC(=O)c1cc(N)ccc1F.NC(=O)c1cc(NC(=O)c2cc(F)c(C(F)(F)F)cc2F)ccc1F.O=C(Cl)c1cc(F)c(C(F)(F)F)cc1F. The van der Waals surface area contributed by atoms with Gasteiger partial charge in [-0.25, -0.2) is 26.3 Å². The lowest BCUT2D eigenvalue weighted by atomic mass is 10.1.